The highest BCUT2D eigenvalue weighted by Crippen LogP contribution is 2.42. The van der Waals surface area contributed by atoms with Crippen molar-refractivity contribution in [2.75, 3.05) is 13.1 Å². The first kappa shape index (κ1) is 15.6. The molecular formula is C17H20F2N2O3. The number of carbonyl (C=O) groups is 1. The van der Waals surface area contributed by atoms with Gasteiger partial charge in [-0.3, -0.25) is 9.69 Å². The number of nitrogens with zero attached hydrogens (tertiary/aromatic N) is 1. The largest absolute Gasteiger partial charge is 0.586 e. The summed E-state index contributed by atoms with van der Waals surface area (Å²) in [7, 11) is 0. The van der Waals surface area contributed by atoms with Crippen LogP contribution in [0.4, 0.5) is 8.78 Å². The van der Waals surface area contributed by atoms with Crippen molar-refractivity contribution >= 4 is 5.91 Å². The fourth-order valence-corrected chi connectivity index (χ4v) is 4.19. The Balaban J connectivity index is 1.53. The van der Waals surface area contributed by atoms with Crippen molar-refractivity contribution in [3.8, 4) is 11.5 Å². The van der Waals surface area contributed by atoms with Crippen molar-refractivity contribution in [1.82, 2.24) is 10.2 Å². The first-order valence-electron chi connectivity index (χ1n) is 8.22. The van der Waals surface area contributed by atoms with Crippen LogP contribution in [0, 0.1) is 5.92 Å². The van der Waals surface area contributed by atoms with E-state index in [0.717, 1.165) is 25.9 Å². The van der Waals surface area contributed by atoms with Crippen LogP contribution in [-0.2, 0) is 0 Å². The maximum absolute atomic E-state index is 13.1. The number of piperidine rings is 3. The van der Waals surface area contributed by atoms with Crippen molar-refractivity contribution in [2.24, 2.45) is 5.92 Å². The van der Waals surface area contributed by atoms with Gasteiger partial charge in [0.2, 0.25) is 0 Å². The molecule has 2 bridgehead atoms. The van der Waals surface area contributed by atoms with Crippen molar-refractivity contribution in [1.29, 1.82) is 0 Å². The van der Waals surface area contributed by atoms with E-state index in [1.54, 1.807) is 0 Å². The molecular weight excluding hydrogens is 318 g/mol. The summed E-state index contributed by atoms with van der Waals surface area (Å²) >= 11 is 0. The second-order valence-electron chi connectivity index (χ2n) is 7.26. The van der Waals surface area contributed by atoms with Gasteiger partial charge in [-0.05, 0) is 63.9 Å². The number of amides is 1. The van der Waals surface area contributed by atoms with E-state index in [9.17, 15) is 13.6 Å². The molecule has 0 spiro atoms. The molecule has 4 heterocycles. The maximum atomic E-state index is 13.1. The normalized spacial score (nSPS) is 31.8. The van der Waals surface area contributed by atoms with Gasteiger partial charge in [-0.2, -0.15) is 0 Å². The second-order valence-corrected chi connectivity index (χ2v) is 7.26. The van der Waals surface area contributed by atoms with Crippen LogP contribution >= 0.6 is 0 Å². The molecule has 4 aliphatic heterocycles. The van der Waals surface area contributed by atoms with Gasteiger partial charge >= 0.3 is 6.29 Å². The molecule has 4 aliphatic rings. The topological polar surface area (TPSA) is 50.8 Å². The molecule has 5 nitrogen and oxygen atoms in total. The van der Waals surface area contributed by atoms with Crippen LogP contribution in [0.2, 0.25) is 0 Å². The minimum absolute atomic E-state index is 0.0411. The van der Waals surface area contributed by atoms with E-state index >= 15 is 0 Å². The van der Waals surface area contributed by atoms with Crippen LogP contribution in [0.25, 0.3) is 0 Å². The Morgan fingerprint density at radius 2 is 1.88 bits per heavy atom. The van der Waals surface area contributed by atoms with Crippen LogP contribution in [-0.4, -0.2) is 41.8 Å². The molecule has 1 atom stereocenters. The zero-order valence-corrected chi connectivity index (χ0v) is 13.6. The molecule has 130 valence electrons. The number of benzene rings is 1. The molecule has 1 N–H and O–H groups in total. The minimum atomic E-state index is -3.67. The lowest BCUT2D eigenvalue weighted by molar-refractivity contribution is -0.286. The average molecular weight is 338 g/mol. The van der Waals surface area contributed by atoms with Gasteiger partial charge in [-0.25, -0.2) is 0 Å². The molecule has 24 heavy (non-hydrogen) atoms. The third-order valence-electron chi connectivity index (χ3n) is 5.54. The quantitative estimate of drug-likeness (QED) is 0.901. The summed E-state index contributed by atoms with van der Waals surface area (Å²) in [6.07, 6.45) is -1.53. The lowest BCUT2D eigenvalue weighted by Gasteiger charge is -2.56. The molecule has 0 saturated carbocycles. The van der Waals surface area contributed by atoms with E-state index in [2.05, 4.69) is 33.5 Å². The number of ether oxygens (including phenoxy) is 2. The molecule has 0 aliphatic carbocycles. The first-order valence-corrected chi connectivity index (χ1v) is 8.22. The number of nitrogens with one attached hydrogen (secondary N) is 1. The van der Waals surface area contributed by atoms with Gasteiger partial charge in [0.15, 0.2) is 11.5 Å². The number of hydrogen-bond donors (Lipinski definition) is 1. The zero-order valence-electron chi connectivity index (χ0n) is 13.6. The Morgan fingerprint density at radius 3 is 2.54 bits per heavy atom. The Hall–Kier alpha value is -1.89. The molecule has 3 saturated heterocycles. The highest BCUT2D eigenvalue weighted by molar-refractivity contribution is 5.95. The second kappa shape index (κ2) is 5.05. The molecule has 1 aromatic rings. The predicted octanol–water partition coefficient (Wildman–Crippen LogP) is 2.61. The lowest BCUT2D eigenvalue weighted by atomic mass is 9.72. The molecule has 5 rings (SSSR count). The Labute approximate surface area is 138 Å². The van der Waals surface area contributed by atoms with Crippen LogP contribution in [0.5, 0.6) is 11.5 Å². The van der Waals surface area contributed by atoms with Crippen LogP contribution in [0.3, 0.4) is 0 Å². The van der Waals surface area contributed by atoms with E-state index < -0.39 is 6.29 Å². The number of hydrogen-bond acceptors (Lipinski definition) is 4. The predicted molar refractivity (Wildman–Crippen MR) is 82.3 cm³/mol. The molecule has 0 aromatic heterocycles. The number of carbonyl (C=O) groups excluding carboxylic acids is 1. The van der Waals surface area contributed by atoms with Gasteiger partial charge in [0.05, 0.1) is 0 Å². The van der Waals surface area contributed by atoms with Gasteiger partial charge in [-0.1, -0.05) is 0 Å². The summed E-state index contributed by atoms with van der Waals surface area (Å²) < 4.78 is 35.0. The smallest absolute Gasteiger partial charge is 0.395 e. The van der Waals surface area contributed by atoms with Crippen molar-refractivity contribution in [2.45, 2.75) is 44.6 Å². The monoisotopic (exact) mass is 338 g/mol. The summed E-state index contributed by atoms with van der Waals surface area (Å²) in [6.45, 7) is 6.40. The van der Waals surface area contributed by atoms with Gasteiger partial charge in [0, 0.05) is 17.1 Å². The van der Waals surface area contributed by atoms with Crippen molar-refractivity contribution < 1.29 is 23.0 Å². The molecule has 1 aromatic carbocycles. The standard InChI is InChI=1S/C17H20F2N2O3/c1-16(2)14(10-5-7-21(16)8-6-10)20-15(22)11-3-4-12-13(9-11)24-17(18,19)23-12/h3-4,9-10,14H,5-8H2,1-2H3,(H,20,22). The van der Waals surface area contributed by atoms with Gasteiger partial charge in [0.25, 0.3) is 5.91 Å². The lowest BCUT2D eigenvalue weighted by Crippen LogP contribution is -2.69. The summed E-state index contributed by atoms with van der Waals surface area (Å²) in [5.41, 5.74) is 0.183. The van der Waals surface area contributed by atoms with Gasteiger partial charge < -0.3 is 14.8 Å². The Kier molecular flexibility index (Phi) is 3.29. The van der Waals surface area contributed by atoms with E-state index in [0.29, 0.717) is 11.5 Å². The number of rotatable bonds is 2. The summed E-state index contributed by atoms with van der Waals surface area (Å²) in [5, 5.41) is 3.10. The van der Waals surface area contributed by atoms with Gasteiger partial charge in [0.1, 0.15) is 0 Å². The molecule has 3 fully saturated rings. The summed E-state index contributed by atoms with van der Waals surface area (Å²) in [5.74, 6) is 0.0104. The van der Waals surface area contributed by atoms with E-state index in [4.69, 9.17) is 0 Å². The van der Waals surface area contributed by atoms with Crippen LogP contribution in [0.1, 0.15) is 37.0 Å². The molecule has 0 radical (unpaired) electrons. The molecule has 7 heteroatoms. The zero-order chi connectivity index (χ0) is 17.1. The van der Waals surface area contributed by atoms with E-state index in [1.165, 1.54) is 18.2 Å². The summed E-state index contributed by atoms with van der Waals surface area (Å²) in [6, 6.07) is 4.17. The van der Waals surface area contributed by atoms with Crippen LogP contribution < -0.4 is 14.8 Å². The van der Waals surface area contributed by atoms with Crippen molar-refractivity contribution in [3.63, 3.8) is 0 Å². The van der Waals surface area contributed by atoms with Gasteiger partial charge in [-0.15, -0.1) is 8.78 Å². The van der Waals surface area contributed by atoms with Crippen LogP contribution in [0.15, 0.2) is 18.2 Å². The number of alkyl halides is 2. The number of halogens is 2. The molecule has 1 unspecified atom stereocenters. The Bertz CT molecular complexity index is 684. The minimum Gasteiger partial charge on any atom is -0.395 e. The fraction of sp³-hybridized carbons (Fsp3) is 0.588. The highest BCUT2D eigenvalue weighted by Gasteiger charge is 2.48. The third-order valence-corrected chi connectivity index (χ3v) is 5.54. The van der Waals surface area contributed by atoms with E-state index in [1.807, 2.05) is 0 Å². The van der Waals surface area contributed by atoms with Crippen molar-refractivity contribution in [3.05, 3.63) is 23.8 Å². The molecule has 1 amide bonds. The SMILES string of the molecule is CC1(C)C(NC(=O)c2ccc3c(c2)OC(F)(F)O3)C2CCN1CC2. The summed E-state index contributed by atoms with van der Waals surface area (Å²) in [4.78, 5) is 15.0. The first-order chi connectivity index (χ1) is 11.3. The third kappa shape index (κ3) is 2.42. The van der Waals surface area contributed by atoms with E-state index in [-0.39, 0.29) is 29.0 Å². The average Bonchev–Trinajstić information content (AvgIpc) is 2.83. The Morgan fingerprint density at radius 1 is 1.21 bits per heavy atom. The maximum Gasteiger partial charge on any atom is 0.586 e. The fourth-order valence-electron chi connectivity index (χ4n) is 4.19. The number of fused-ring (bicyclic) bond motifs is 4. The highest BCUT2D eigenvalue weighted by atomic mass is 19.3.